The van der Waals surface area contributed by atoms with Gasteiger partial charge < -0.3 is 0 Å². The number of hydrogen-bond acceptors (Lipinski definition) is 6. The Labute approximate surface area is 162 Å². The molecule has 1 aliphatic rings. The Morgan fingerprint density at radius 2 is 2.07 bits per heavy atom. The lowest BCUT2D eigenvalue weighted by molar-refractivity contribution is 0.150. The molecule has 4 rings (SSSR count). The van der Waals surface area contributed by atoms with E-state index in [2.05, 4.69) is 20.0 Å². The molecule has 27 heavy (non-hydrogen) atoms. The Morgan fingerprint density at radius 3 is 2.67 bits per heavy atom. The van der Waals surface area contributed by atoms with Crippen LogP contribution in [0.5, 0.6) is 0 Å². The van der Waals surface area contributed by atoms with Gasteiger partial charge in [-0.3, -0.25) is 0 Å². The number of halogens is 3. The number of fused-ring (bicyclic) bond motifs is 1. The monoisotopic (exact) mass is 433 g/mol. The summed E-state index contributed by atoms with van der Waals surface area (Å²) >= 11 is 6.92. The number of nitrogens with zero attached hydrogens (tertiary/aromatic N) is 4. The van der Waals surface area contributed by atoms with Crippen molar-refractivity contribution in [3.63, 3.8) is 0 Å². The molecule has 0 aliphatic heterocycles. The summed E-state index contributed by atoms with van der Waals surface area (Å²) in [6.07, 6.45) is 1.18. The van der Waals surface area contributed by atoms with Gasteiger partial charge in [0.25, 0.3) is 6.43 Å². The van der Waals surface area contributed by atoms with Crippen LogP contribution in [0.4, 0.5) is 8.78 Å². The first-order valence-electron chi connectivity index (χ1n) is 8.02. The first-order chi connectivity index (χ1) is 12.7. The fraction of sp³-hybridized carbons (Fsp3) is 0.400. The predicted octanol–water partition coefficient (Wildman–Crippen LogP) is 3.69. The molecule has 1 aromatic carbocycles. The van der Waals surface area contributed by atoms with Crippen LogP contribution in [0.2, 0.25) is 5.02 Å². The fourth-order valence-electron chi connectivity index (χ4n) is 2.96. The van der Waals surface area contributed by atoms with Crippen molar-refractivity contribution in [2.75, 3.05) is 0 Å². The first kappa shape index (κ1) is 18.7. The zero-order chi connectivity index (χ0) is 19.4. The minimum absolute atomic E-state index is 0.0199. The maximum Gasteiger partial charge on any atom is 0.291 e. The molecule has 0 radical (unpaired) electrons. The predicted molar refractivity (Wildman–Crippen MR) is 97.1 cm³/mol. The maximum atomic E-state index is 12.8. The summed E-state index contributed by atoms with van der Waals surface area (Å²) in [5.74, 6) is 0. The van der Waals surface area contributed by atoms with Crippen molar-refractivity contribution >= 4 is 43.9 Å². The average molecular weight is 434 g/mol. The molecule has 0 atom stereocenters. The number of nitrogens with one attached hydrogen (secondary N) is 1. The zero-order valence-corrected chi connectivity index (χ0v) is 16.4. The molecule has 0 amide bonds. The van der Waals surface area contributed by atoms with Crippen LogP contribution in [0.25, 0.3) is 16.0 Å². The van der Waals surface area contributed by atoms with E-state index in [1.165, 1.54) is 23.0 Å². The van der Waals surface area contributed by atoms with E-state index < -0.39 is 27.0 Å². The second kappa shape index (κ2) is 6.43. The third kappa shape index (κ3) is 3.33. The normalized spacial score (nSPS) is 16.8. The summed E-state index contributed by atoms with van der Waals surface area (Å²) in [6.45, 7) is 1.85. The Morgan fingerprint density at radius 1 is 1.33 bits per heavy atom. The average Bonchev–Trinajstić information content (AvgIpc) is 3.19. The van der Waals surface area contributed by atoms with Gasteiger partial charge in [0.1, 0.15) is 0 Å². The molecule has 0 bridgehead atoms. The molecule has 2 heterocycles. The quantitative estimate of drug-likeness (QED) is 0.662. The molecular weight excluding hydrogens is 420 g/mol. The SMILES string of the molecule is CC1(NS(=O)(=O)c2cc(Cl)c3cnn(-c4nnc(C(F)F)s4)c3c2)CCC1. The Hall–Kier alpha value is -1.69. The second-order valence-electron chi connectivity index (χ2n) is 6.64. The van der Waals surface area contributed by atoms with Crippen LogP contribution in [0.1, 0.15) is 37.6 Å². The van der Waals surface area contributed by atoms with Crippen LogP contribution >= 0.6 is 22.9 Å². The molecule has 0 unspecified atom stereocenters. The van der Waals surface area contributed by atoms with Crippen molar-refractivity contribution in [2.24, 2.45) is 0 Å². The Kier molecular flexibility index (Phi) is 4.45. The molecule has 1 fully saturated rings. The summed E-state index contributed by atoms with van der Waals surface area (Å²) in [6, 6.07) is 2.76. The van der Waals surface area contributed by atoms with Crippen molar-refractivity contribution in [1.29, 1.82) is 0 Å². The summed E-state index contributed by atoms with van der Waals surface area (Å²) < 4.78 is 55.1. The number of benzene rings is 1. The fourth-order valence-corrected chi connectivity index (χ4v) is 5.47. The molecule has 1 aliphatic carbocycles. The van der Waals surface area contributed by atoms with Gasteiger partial charge in [-0.1, -0.05) is 22.9 Å². The first-order valence-corrected chi connectivity index (χ1v) is 10.7. The number of rotatable bonds is 5. The minimum Gasteiger partial charge on any atom is -0.207 e. The molecule has 0 spiro atoms. The smallest absolute Gasteiger partial charge is 0.207 e. The van der Waals surface area contributed by atoms with Gasteiger partial charge >= 0.3 is 0 Å². The van der Waals surface area contributed by atoms with Crippen molar-refractivity contribution < 1.29 is 17.2 Å². The summed E-state index contributed by atoms with van der Waals surface area (Å²) in [7, 11) is -3.81. The zero-order valence-electron chi connectivity index (χ0n) is 14.0. The standard InChI is InChI=1S/C15H14ClF2N5O2S2/c1-15(3-2-4-15)22-27(24,25)8-5-10(16)9-7-19-23(11(9)6-8)14-21-20-13(26-14)12(17)18/h5-7,12,22H,2-4H2,1H3. The Balaban J connectivity index is 1.80. The van der Waals surface area contributed by atoms with Gasteiger partial charge in [-0.2, -0.15) is 5.10 Å². The van der Waals surface area contributed by atoms with Gasteiger partial charge in [0, 0.05) is 10.9 Å². The topological polar surface area (TPSA) is 89.8 Å². The van der Waals surface area contributed by atoms with E-state index in [4.69, 9.17) is 11.6 Å². The minimum atomic E-state index is -3.81. The maximum absolute atomic E-state index is 12.8. The van der Waals surface area contributed by atoms with Gasteiger partial charge in [0.15, 0.2) is 5.01 Å². The van der Waals surface area contributed by atoms with E-state index in [1.807, 2.05) is 6.92 Å². The van der Waals surface area contributed by atoms with Crippen LogP contribution in [0.3, 0.4) is 0 Å². The van der Waals surface area contributed by atoms with Gasteiger partial charge in [-0.05, 0) is 38.3 Å². The van der Waals surface area contributed by atoms with Crippen LogP contribution in [-0.4, -0.2) is 33.9 Å². The van der Waals surface area contributed by atoms with Crippen molar-refractivity contribution in [3.05, 3.63) is 28.4 Å². The highest BCUT2D eigenvalue weighted by Gasteiger charge is 2.36. The largest absolute Gasteiger partial charge is 0.291 e. The third-order valence-electron chi connectivity index (χ3n) is 4.56. The lowest BCUT2D eigenvalue weighted by Crippen LogP contribution is -2.50. The third-order valence-corrected chi connectivity index (χ3v) is 7.39. The van der Waals surface area contributed by atoms with Crippen LogP contribution in [0.15, 0.2) is 23.2 Å². The van der Waals surface area contributed by atoms with E-state index >= 15 is 0 Å². The molecule has 1 N–H and O–H groups in total. The lowest BCUT2D eigenvalue weighted by Gasteiger charge is -2.38. The molecule has 12 heteroatoms. The molecule has 1 saturated carbocycles. The summed E-state index contributed by atoms with van der Waals surface area (Å²) in [5, 5.41) is 11.6. The van der Waals surface area contributed by atoms with Crippen LogP contribution in [0, 0.1) is 0 Å². The van der Waals surface area contributed by atoms with E-state index in [-0.39, 0.29) is 15.0 Å². The highest BCUT2D eigenvalue weighted by molar-refractivity contribution is 7.89. The van der Waals surface area contributed by atoms with Gasteiger partial charge in [0.2, 0.25) is 15.2 Å². The number of alkyl halides is 2. The molecular formula is C15H14ClF2N5O2S2. The number of aromatic nitrogens is 4. The van der Waals surface area contributed by atoms with Gasteiger partial charge in [0.05, 0.1) is 21.6 Å². The van der Waals surface area contributed by atoms with Crippen LogP contribution in [-0.2, 0) is 10.0 Å². The van der Waals surface area contributed by atoms with Gasteiger partial charge in [-0.15, -0.1) is 10.2 Å². The highest BCUT2D eigenvalue weighted by atomic mass is 35.5. The van der Waals surface area contributed by atoms with E-state index in [0.717, 1.165) is 19.3 Å². The van der Waals surface area contributed by atoms with Crippen molar-refractivity contribution in [2.45, 2.75) is 43.0 Å². The van der Waals surface area contributed by atoms with Gasteiger partial charge in [-0.25, -0.2) is 26.6 Å². The van der Waals surface area contributed by atoms with Crippen molar-refractivity contribution in [3.8, 4) is 5.13 Å². The molecule has 0 saturated heterocycles. The number of sulfonamides is 1. The highest BCUT2D eigenvalue weighted by Crippen LogP contribution is 2.35. The number of hydrogen-bond donors (Lipinski definition) is 1. The Bertz CT molecular complexity index is 1120. The summed E-state index contributed by atoms with van der Waals surface area (Å²) in [5.41, 5.74) is -0.120. The van der Waals surface area contributed by atoms with E-state index in [1.54, 1.807) is 0 Å². The van der Waals surface area contributed by atoms with Crippen molar-refractivity contribution in [1.82, 2.24) is 24.7 Å². The van der Waals surface area contributed by atoms with E-state index in [9.17, 15) is 17.2 Å². The van der Waals surface area contributed by atoms with Crippen LogP contribution < -0.4 is 4.72 Å². The second-order valence-corrected chi connectivity index (χ2v) is 9.71. The molecule has 7 nitrogen and oxygen atoms in total. The molecule has 3 aromatic rings. The molecule has 2 aromatic heterocycles. The lowest BCUT2D eigenvalue weighted by atomic mass is 9.80. The van der Waals surface area contributed by atoms with E-state index in [0.29, 0.717) is 22.2 Å². The molecule has 144 valence electrons. The summed E-state index contributed by atoms with van der Waals surface area (Å²) in [4.78, 5) is -0.0199.